The average Bonchev–Trinajstić information content (AvgIpc) is 3.87. The van der Waals surface area contributed by atoms with Crippen molar-refractivity contribution in [3.05, 3.63) is 81.2 Å². The van der Waals surface area contributed by atoms with Crippen molar-refractivity contribution in [2.24, 2.45) is 0 Å². The van der Waals surface area contributed by atoms with E-state index in [1.54, 1.807) is 30.0 Å². The molecule has 1 aromatic carbocycles. The number of carbonyl (C=O) groups is 2. The quantitative estimate of drug-likeness (QED) is 0.334. The van der Waals surface area contributed by atoms with E-state index in [4.69, 9.17) is 4.74 Å². The Morgan fingerprint density at radius 3 is 2.55 bits per heavy atom. The molecule has 2 aliphatic carbocycles. The average molecular weight is 578 g/mol. The van der Waals surface area contributed by atoms with Crippen LogP contribution in [0.25, 0.3) is 11.1 Å². The SMILES string of the molecule is COCCNCc1cc(C(=O)Nc2cc(-c3ccc(F)cc3C(=O)N3CC(F)C3)cc(C3CC3)n2)c(=O)n(C2CC2)c1. The molecule has 1 aliphatic heterocycles. The standard InChI is InChI=1S/C31H33F2N5O4/c1-42-9-8-34-14-18-10-26(31(41)38(15-18)23-5-6-23)29(39)36-28-12-20(11-27(35-28)19-2-3-19)24-7-4-21(32)13-25(24)30(40)37-16-22(33)17-37/h4,7,10-13,15,19,22-23,34H,2-3,5-6,8-9,14,16-17H2,1H3,(H,35,36,39). The van der Waals surface area contributed by atoms with E-state index in [0.29, 0.717) is 30.8 Å². The van der Waals surface area contributed by atoms with E-state index in [1.807, 2.05) is 6.07 Å². The van der Waals surface area contributed by atoms with Gasteiger partial charge < -0.3 is 24.8 Å². The molecule has 3 heterocycles. The first-order chi connectivity index (χ1) is 20.3. The number of benzene rings is 1. The number of methoxy groups -OCH3 is 1. The van der Waals surface area contributed by atoms with Crippen LogP contribution in [0, 0.1) is 5.82 Å². The van der Waals surface area contributed by atoms with Crippen LogP contribution in [0.2, 0.25) is 0 Å². The van der Waals surface area contributed by atoms with E-state index in [1.165, 1.54) is 17.0 Å². The fourth-order valence-corrected chi connectivity index (χ4v) is 5.20. The lowest BCUT2D eigenvalue weighted by Gasteiger charge is -2.34. The highest BCUT2D eigenvalue weighted by molar-refractivity contribution is 6.04. The Morgan fingerprint density at radius 2 is 1.86 bits per heavy atom. The van der Waals surface area contributed by atoms with Gasteiger partial charge in [0, 0.05) is 44.0 Å². The summed E-state index contributed by atoms with van der Waals surface area (Å²) in [4.78, 5) is 46.0. The molecule has 11 heteroatoms. The van der Waals surface area contributed by atoms with E-state index < -0.39 is 23.8 Å². The van der Waals surface area contributed by atoms with Crippen molar-refractivity contribution in [1.82, 2.24) is 19.8 Å². The number of halogens is 2. The Bertz CT molecular complexity index is 1580. The number of amides is 2. The number of likely N-dealkylation sites (tertiary alicyclic amines) is 1. The molecule has 0 radical (unpaired) electrons. The van der Waals surface area contributed by atoms with E-state index in [-0.39, 0.29) is 47.6 Å². The molecule has 2 aromatic heterocycles. The topological polar surface area (TPSA) is 106 Å². The summed E-state index contributed by atoms with van der Waals surface area (Å²) in [5.74, 6) is -1.17. The summed E-state index contributed by atoms with van der Waals surface area (Å²) in [6, 6.07) is 9.09. The lowest BCUT2D eigenvalue weighted by molar-refractivity contribution is 0.0400. The minimum absolute atomic E-state index is 0.0179. The number of pyridine rings is 2. The summed E-state index contributed by atoms with van der Waals surface area (Å²) in [6.07, 6.45) is 4.37. The predicted octanol–water partition coefficient (Wildman–Crippen LogP) is 4.04. The highest BCUT2D eigenvalue weighted by atomic mass is 19.1. The van der Waals surface area contributed by atoms with Crippen molar-refractivity contribution in [1.29, 1.82) is 0 Å². The molecule has 2 amide bonds. The number of nitrogens with one attached hydrogen (secondary N) is 2. The summed E-state index contributed by atoms with van der Waals surface area (Å²) in [5.41, 5.74) is 2.36. The summed E-state index contributed by atoms with van der Waals surface area (Å²) in [5, 5.41) is 6.06. The Morgan fingerprint density at radius 1 is 1.07 bits per heavy atom. The number of rotatable bonds is 11. The minimum atomic E-state index is -1.08. The van der Waals surface area contributed by atoms with E-state index in [2.05, 4.69) is 15.6 Å². The van der Waals surface area contributed by atoms with Gasteiger partial charge in [-0.2, -0.15) is 0 Å². The molecule has 1 saturated heterocycles. The Balaban J connectivity index is 1.32. The maximum atomic E-state index is 14.3. The molecule has 220 valence electrons. The fourth-order valence-electron chi connectivity index (χ4n) is 5.20. The Kier molecular flexibility index (Phi) is 7.87. The lowest BCUT2D eigenvalue weighted by atomic mass is 9.97. The summed E-state index contributed by atoms with van der Waals surface area (Å²) < 4.78 is 34.5. The number of nitrogens with zero attached hydrogens (tertiary/aromatic N) is 3. The van der Waals surface area contributed by atoms with Gasteiger partial charge in [-0.1, -0.05) is 6.07 Å². The Hall–Kier alpha value is -3.96. The second-order valence-electron chi connectivity index (χ2n) is 11.3. The number of ether oxygens (including phenoxy) is 1. The minimum Gasteiger partial charge on any atom is -0.383 e. The molecule has 42 heavy (non-hydrogen) atoms. The van der Waals surface area contributed by atoms with Gasteiger partial charge in [0.05, 0.1) is 25.3 Å². The van der Waals surface area contributed by atoms with Crippen LogP contribution in [0.3, 0.4) is 0 Å². The number of carbonyl (C=O) groups excluding carboxylic acids is 2. The van der Waals surface area contributed by atoms with Gasteiger partial charge in [0.25, 0.3) is 17.4 Å². The summed E-state index contributed by atoms with van der Waals surface area (Å²) in [7, 11) is 1.62. The van der Waals surface area contributed by atoms with Crippen LogP contribution < -0.4 is 16.2 Å². The number of alkyl halides is 1. The first kappa shape index (κ1) is 28.2. The van der Waals surface area contributed by atoms with Crippen molar-refractivity contribution < 1.29 is 23.1 Å². The molecule has 9 nitrogen and oxygen atoms in total. The summed E-state index contributed by atoms with van der Waals surface area (Å²) in [6.45, 7) is 1.58. The predicted molar refractivity (Wildman–Crippen MR) is 153 cm³/mol. The molecule has 3 aromatic rings. The van der Waals surface area contributed by atoms with Crippen molar-refractivity contribution >= 4 is 17.6 Å². The molecular formula is C31H33F2N5O4. The lowest BCUT2D eigenvalue weighted by Crippen LogP contribution is -2.51. The van der Waals surface area contributed by atoms with Gasteiger partial charge in [0.2, 0.25) is 0 Å². The zero-order valence-electron chi connectivity index (χ0n) is 23.4. The van der Waals surface area contributed by atoms with Crippen molar-refractivity contribution in [2.45, 2.75) is 50.4 Å². The molecule has 3 fully saturated rings. The number of aromatic nitrogens is 2. The van der Waals surface area contributed by atoms with Crippen LogP contribution in [-0.2, 0) is 11.3 Å². The molecule has 0 bridgehead atoms. The van der Waals surface area contributed by atoms with Crippen LogP contribution in [0.15, 0.2) is 47.4 Å². The molecular weight excluding hydrogens is 544 g/mol. The van der Waals surface area contributed by atoms with Crippen LogP contribution in [0.1, 0.15) is 69.6 Å². The van der Waals surface area contributed by atoms with Gasteiger partial charge in [-0.3, -0.25) is 14.4 Å². The van der Waals surface area contributed by atoms with Crippen molar-refractivity contribution in [3.8, 4) is 11.1 Å². The Labute approximate surface area is 241 Å². The molecule has 0 spiro atoms. The second kappa shape index (κ2) is 11.7. The first-order valence-electron chi connectivity index (χ1n) is 14.3. The third-order valence-electron chi connectivity index (χ3n) is 7.83. The largest absolute Gasteiger partial charge is 0.383 e. The maximum absolute atomic E-state index is 14.3. The molecule has 0 unspecified atom stereocenters. The van der Waals surface area contributed by atoms with Crippen molar-refractivity contribution in [3.63, 3.8) is 0 Å². The van der Waals surface area contributed by atoms with Gasteiger partial charge >= 0.3 is 0 Å². The van der Waals surface area contributed by atoms with Crippen LogP contribution >= 0.6 is 0 Å². The van der Waals surface area contributed by atoms with Gasteiger partial charge in [-0.25, -0.2) is 13.8 Å². The third-order valence-corrected chi connectivity index (χ3v) is 7.83. The molecule has 2 saturated carbocycles. The fraction of sp³-hybridized carbons (Fsp3) is 0.419. The van der Waals surface area contributed by atoms with Gasteiger partial charge in [0.1, 0.15) is 23.4 Å². The molecule has 0 atom stereocenters. The van der Waals surface area contributed by atoms with E-state index in [9.17, 15) is 23.2 Å². The number of hydrogen-bond donors (Lipinski definition) is 2. The van der Waals surface area contributed by atoms with Gasteiger partial charge in [-0.15, -0.1) is 0 Å². The van der Waals surface area contributed by atoms with Gasteiger partial charge in [-0.05, 0) is 72.7 Å². The van der Waals surface area contributed by atoms with Crippen LogP contribution in [-0.4, -0.2) is 65.8 Å². The third kappa shape index (κ3) is 6.12. The monoisotopic (exact) mass is 577 g/mol. The normalized spacial score (nSPS) is 16.8. The molecule has 2 N–H and O–H groups in total. The zero-order valence-corrected chi connectivity index (χ0v) is 23.4. The highest BCUT2D eigenvalue weighted by Gasteiger charge is 2.33. The molecule has 6 rings (SSSR count). The smallest absolute Gasteiger partial charge is 0.263 e. The van der Waals surface area contributed by atoms with Crippen LogP contribution in [0.4, 0.5) is 14.6 Å². The van der Waals surface area contributed by atoms with E-state index in [0.717, 1.165) is 43.0 Å². The van der Waals surface area contributed by atoms with Crippen LogP contribution in [0.5, 0.6) is 0 Å². The zero-order chi connectivity index (χ0) is 29.4. The summed E-state index contributed by atoms with van der Waals surface area (Å²) >= 11 is 0. The maximum Gasteiger partial charge on any atom is 0.263 e. The number of anilines is 1. The van der Waals surface area contributed by atoms with Gasteiger partial charge in [0.15, 0.2) is 0 Å². The van der Waals surface area contributed by atoms with Crippen molar-refractivity contribution in [2.75, 3.05) is 38.7 Å². The molecule has 3 aliphatic rings. The van der Waals surface area contributed by atoms with E-state index >= 15 is 0 Å². The number of hydrogen-bond acceptors (Lipinski definition) is 6. The second-order valence-corrected chi connectivity index (χ2v) is 11.3. The first-order valence-corrected chi connectivity index (χ1v) is 14.3. The highest BCUT2D eigenvalue weighted by Crippen LogP contribution is 2.41.